The van der Waals surface area contributed by atoms with Crippen LogP contribution in [0.3, 0.4) is 0 Å². The van der Waals surface area contributed by atoms with Gasteiger partial charge in [0.1, 0.15) is 5.52 Å². The summed E-state index contributed by atoms with van der Waals surface area (Å²) < 4.78 is 1.93. The average molecular weight is 287 g/mol. The quantitative estimate of drug-likeness (QED) is 0.783. The van der Waals surface area contributed by atoms with Crippen molar-refractivity contribution in [3.8, 4) is 0 Å². The van der Waals surface area contributed by atoms with Gasteiger partial charge in [0.05, 0.1) is 11.1 Å². The van der Waals surface area contributed by atoms with Crippen LogP contribution in [0.25, 0.3) is 11.2 Å². The Morgan fingerprint density at radius 2 is 1.95 bits per heavy atom. The summed E-state index contributed by atoms with van der Waals surface area (Å²) in [5.74, 6) is 0.447. The molecule has 0 amide bonds. The first-order chi connectivity index (χ1) is 9.56. The van der Waals surface area contributed by atoms with Gasteiger partial charge in [0.25, 0.3) is 0 Å². The Balaban J connectivity index is 2.13. The fraction of sp³-hybridized carbons (Fsp3) is 0.200. The summed E-state index contributed by atoms with van der Waals surface area (Å²) in [6, 6.07) is 10.2. The van der Waals surface area contributed by atoms with Gasteiger partial charge in [-0.2, -0.15) is 0 Å². The molecule has 0 spiro atoms. The standard InChI is InChI=1S/C15H15ClN4/c1-9-3-5-11(6-4-9)10(2)20-14-13(19-15(20)17)7-12(16)8-18-14/h3-8,10H,1-2H3,(H2,17,19). The van der Waals surface area contributed by atoms with Crippen LogP contribution in [0.1, 0.15) is 24.1 Å². The molecule has 3 aromatic rings. The number of rotatable bonds is 2. The van der Waals surface area contributed by atoms with Crippen molar-refractivity contribution < 1.29 is 0 Å². The van der Waals surface area contributed by atoms with Gasteiger partial charge in [-0.3, -0.25) is 4.57 Å². The first-order valence-electron chi connectivity index (χ1n) is 6.42. The third kappa shape index (κ3) is 2.12. The zero-order valence-corrected chi connectivity index (χ0v) is 12.1. The molecule has 2 heterocycles. The molecule has 0 aliphatic carbocycles. The summed E-state index contributed by atoms with van der Waals surface area (Å²) in [7, 11) is 0. The molecule has 0 fully saturated rings. The summed E-state index contributed by atoms with van der Waals surface area (Å²) in [6.45, 7) is 4.15. The normalized spacial score (nSPS) is 12.8. The maximum atomic E-state index is 6.04. The monoisotopic (exact) mass is 286 g/mol. The Kier molecular flexibility index (Phi) is 3.10. The van der Waals surface area contributed by atoms with Crippen molar-refractivity contribution in [3.63, 3.8) is 0 Å². The maximum absolute atomic E-state index is 6.04. The third-order valence-corrected chi connectivity index (χ3v) is 3.68. The lowest BCUT2D eigenvalue weighted by molar-refractivity contribution is 0.662. The van der Waals surface area contributed by atoms with E-state index < -0.39 is 0 Å². The smallest absolute Gasteiger partial charge is 0.203 e. The van der Waals surface area contributed by atoms with Crippen molar-refractivity contribution in [2.75, 3.05) is 5.73 Å². The van der Waals surface area contributed by atoms with Crippen molar-refractivity contribution in [1.82, 2.24) is 14.5 Å². The number of hydrogen-bond donors (Lipinski definition) is 1. The van der Waals surface area contributed by atoms with Crippen molar-refractivity contribution in [2.45, 2.75) is 19.9 Å². The molecule has 1 unspecified atom stereocenters. The van der Waals surface area contributed by atoms with Gasteiger partial charge < -0.3 is 5.73 Å². The van der Waals surface area contributed by atoms with E-state index >= 15 is 0 Å². The van der Waals surface area contributed by atoms with E-state index in [1.54, 1.807) is 12.3 Å². The summed E-state index contributed by atoms with van der Waals surface area (Å²) in [6.07, 6.45) is 1.61. The number of halogens is 1. The summed E-state index contributed by atoms with van der Waals surface area (Å²) in [4.78, 5) is 8.69. The Labute approximate surface area is 122 Å². The second kappa shape index (κ2) is 4.80. The predicted octanol–water partition coefficient (Wildman–Crippen LogP) is 3.58. The molecule has 1 atom stereocenters. The molecule has 0 aliphatic rings. The molecular weight excluding hydrogens is 272 g/mol. The topological polar surface area (TPSA) is 56.7 Å². The Morgan fingerprint density at radius 3 is 2.65 bits per heavy atom. The first kappa shape index (κ1) is 12.9. The number of fused-ring (bicyclic) bond motifs is 1. The van der Waals surface area contributed by atoms with Crippen LogP contribution in [0.5, 0.6) is 0 Å². The van der Waals surface area contributed by atoms with E-state index in [-0.39, 0.29) is 6.04 Å². The second-order valence-corrected chi connectivity index (χ2v) is 5.36. The fourth-order valence-electron chi connectivity index (χ4n) is 2.35. The Bertz CT molecular complexity index is 761. The number of anilines is 1. The van der Waals surface area contributed by atoms with E-state index in [4.69, 9.17) is 17.3 Å². The molecule has 0 bridgehead atoms. The maximum Gasteiger partial charge on any atom is 0.203 e. The number of nitrogens with zero attached hydrogens (tertiary/aromatic N) is 3. The first-order valence-corrected chi connectivity index (χ1v) is 6.79. The zero-order chi connectivity index (χ0) is 14.3. The van der Waals surface area contributed by atoms with Gasteiger partial charge >= 0.3 is 0 Å². The van der Waals surface area contributed by atoms with Gasteiger partial charge in [0.15, 0.2) is 5.65 Å². The number of nitrogens with two attached hydrogens (primary N) is 1. The fourth-order valence-corrected chi connectivity index (χ4v) is 2.50. The number of imidazole rings is 1. The van der Waals surface area contributed by atoms with Crippen LogP contribution in [0, 0.1) is 6.92 Å². The number of benzene rings is 1. The largest absolute Gasteiger partial charge is 0.369 e. The van der Waals surface area contributed by atoms with Gasteiger partial charge in [0.2, 0.25) is 5.95 Å². The number of nitrogen functional groups attached to an aromatic ring is 1. The van der Waals surface area contributed by atoms with Gasteiger partial charge in [-0.25, -0.2) is 9.97 Å². The van der Waals surface area contributed by atoms with Crippen molar-refractivity contribution in [2.24, 2.45) is 0 Å². The van der Waals surface area contributed by atoms with Crippen LogP contribution in [-0.4, -0.2) is 14.5 Å². The molecular formula is C15H15ClN4. The molecule has 3 rings (SSSR count). The lowest BCUT2D eigenvalue weighted by atomic mass is 10.1. The highest BCUT2D eigenvalue weighted by molar-refractivity contribution is 6.31. The van der Waals surface area contributed by atoms with Gasteiger partial charge in [-0.05, 0) is 25.5 Å². The molecule has 0 saturated carbocycles. The van der Waals surface area contributed by atoms with Crippen LogP contribution in [-0.2, 0) is 0 Å². The van der Waals surface area contributed by atoms with Crippen molar-refractivity contribution in [3.05, 3.63) is 52.7 Å². The third-order valence-electron chi connectivity index (χ3n) is 3.47. The molecule has 0 saturated heterocycles. The highest BCUT2D eigenvalue weighted by Crippen LogP contribution is 2.27. The molecule has 4 nitrogen and oxygen atoms in total. The Hall–Kier alpha value is -2.07. The van der Waals surface area contributed by atoms with Crippen LogP contribution in [0.15, 0.2) is 36.5 Å². The highest BCUT2D eigenvalue weighted by Gasteiger charge is 2.16. The lowest BCUT2D eigenvalue weighted by Gasteiger charge is -2.16. The Morgan fingerprint density at radius 1 is 1.25 bits per heavy atom. The molecule has 5 heteroatoms. The van der Waals surface area contributed by atoms with Crippen LogP contribution in [0.2, 0.25) is 5.02 Å². The molecule has 1 aromatic carbocycles. The number of pyridine rings is 1. The number of hydrogen-bond acceptors (Lipinski definition) is 3. The van der Waals surface area contributed by atoms with Crippen LogP contribution >= 0.6 is 11.6 Å². The van der Waals surface area contributed by atoms with Crippen molar-refractivity contribution >= 4 is 28.7 Å². The minimum Gasteiger partial charge on any atom is -0.369 e. The van der Waals surface area contributed by atoms with E-state index in [0.29, 0.717) is 16.5 Å². The summed E-state index contributed by atoms with van der Waals surface area (Å²) in [5.41, 5.74) is 9.90. The van der Waals surface area contributed by atoms with Crippen LogP contribution in [0.4, 0.5) is 5.95 Å². The number of aromatic nitrogens is 3. The van der Waals surface area contributed by atoms with Gasteiger partial charge in [-0.1, -0.05) is 41.4 Å². The molecule has 0 radical (unpaired) electrons. The van der Waals surface area contributed by atoms with E-state index in [0.717, 1.165) is 5.65 Å². The van der Waals surface area contributed by atoms with E-state index in [1.807, 2.05) is 4.57 Å². The van der Waals surface area contributed by atoms with Gasteiger partial charge in [0, 0.05) is 6.20 Å². The molecule has 2 N–H and O–H groups in total. The summed E-state index contributed by atoms with van der Waals surface area (Å²) in [5, 5.41) is 0.560. The van der Waals surface area contributed by atoms with Crippen molar-refractivity contribution in [1.29, 1.82) is 0 Å². The molecule has 102 valence electrons. The number of aryl methyl sites for hydroxylation is 1. The molecule has 2 aromatic heterocycles. The second-order valence-electron chi connectivity index (χ2n) is 4.92. The van der Waals surface area contributed by atoms with Crippen LogP contribution < -0.4 is 5.73 Å². The average Bonchev–Trinajstić information content (AvgIpc) is 2.73. The van der Waals surface area contributed by atoms with E-state index in [2.05, 4.69) is 48.1 Å². The van der Waals surface area contributed by atoms with E-state index in [9.17, 15) is 0 Å². The lowest BCUT2D eigenvalue weighted by Crippen LogP contribution is -2.10. The SMILES string of the molecule is Cc1ccc(C(C)n2c(N)nc3cc(Cl)cnc32)cc1. The minimum atomic E-state index is 0.0641. The van der Waals surface area contributed by atoms with E-state index in [1.165, 1.54) is 11.1 Å². The summed E-state index contributed by atoms with van der Waals surface area (Å²) >= 11 is 5.94. The highest BCUT2D eigenvalue weighted by atomic mass is 35.5. The molecule has 20 heavy (non-hydrogen) atoms. The zero-order valence-electron chi connectivity index (χ0n) is 11.3. The minimum absolute atomic E-state index is 0.0641. The predicted molar refractivity (Wildman–Crippen MR) is 81.9 cm³/mol. The van der Waals surface area contributed by atoms with Gasteiger partial charge in [-0.15, -0.1) is 0 Å². The molecule has 0 aliphatic heterocycles.